The minimum Gasteiger partial charge on any atom is -0.497 e. The maximum atomic E-state index is 14.7. The summed E-state index contributed by atoms with van der Waals surface area (Å²) < 4.78 is 24.8. The van der Waals surface area contributed by atoms with E-state index in [1.807, 2.05) is 13.0 Å². The zero-order chi connectivity index (χ0) is 21.0. The fourth-order valence-electron chi connectivity index (χ4n) is 1.89. The third-order valence-electron chi connectivity index (χ3n) is 3.90. The molecule has 0 bridgehead atoms. The van der Waals surface area contributed by atoms with Crippen LogP contribution in [0.3, 0.4) is 0 Å². The van der Waals surface area contributed by atoms with E-state index in [0.29, 0.717) is 35.5 Å². The van der Waals surface area contributed by atoms with Gasteiger partial charge >= 0.3 is 0 Å². The van der Waals surface area contributed by atoms with Gasteiger partial charge in [-0.3, -0.25) is 0 Å². The van der Waals surface area contributed by atoms with Gasteiger partial charge in [0.25, 0.3) is 0 Å². The van der Waals surface area contributed by atoms with E-state index >= 15 is 0 Å². The average molecular weight is 371 g/mol. The third kappa shape index (κ3) is 9.02. The molecule has 146 valence electrons. The first-order chi connectivity index (χ1) is 12.7. The van der Waals surface area contributed by atoms with Crippen molar-refractivity contribution in [3.63, 3.8) is 0 Å². The zero-order valence-electron chi connectivity index (χ0n) is 16.9. The van der Waals surface area contributed by atoms with Crippen LogP contribution >= 0.6 is 0 Å². The second-order valence-corrected chi connectivity index (χ2v) is 5.93. The Morgan fingerprint density at radius 1 is 0.889 bits per heavy atom. The van der Waals surface area contributed by atoms with Crippen LogP contribution in [0.2, 0.25) is 0 Å². The van der Waals surface area contributed by atoms with Crippen molar-refractivity contribution in [3.8, 4) is 0 Å². The first kappa shape index (κ1) is 24.4. The van der Waals surface area contributed by atoms with Crippen molar-refractivity contribution in [2.24, 2.45) is 0 Å². The SMILES string of the molecule is C=C(/C=C\C(=C)C(=C)/C=C(/F)C(=C)C(=C)/C(=C\C(=C)OC)CCOC)CC. The molecule has 0 unspecified atom stereocenters. The molecule has 0 rings (SSSR count). The van der Waals surface area contributed by atoms with E-state index in [1.54, 1.807) is 19.3 Å². The summed E-state index contributed by atoms with van der Waals surface area (Å²) >= 11 is 0. The Bertz CT molecular complexity index is 715. The van der Waals surface area contributed by atoms with E-state index in [9.17, 15) is 4.39 Å². The summed E-state index contributed by atoms with van der Waals surface area (Å²) in [5.74, 6) is -0.0845. The molecule has 27 heavy (non-hydrogen) atoms. The van der Waals surface area contributed by atoms with Crippen molar-refractivity contribution in [2.75, 3.05) is 20.8 Å². The number of methoxy groups -OCH3 is 2. The Labute approximate surface area is 163 Å². The molecule has 2 nitrogen and oxygen atoms in total. The third-order valence-corrected chi connectivity index (χ3v) is 3.90. The molecule has 0 aliphatic rings. The fourth-order valence-corrected chi connectivity index (χ4v) is 1.89. The topological polar surface area (TPSA) is 18.5 Å². The molecule has 0 radical (unpaired) electrons. The standard InChI is InChI=1S/C24H31FO2/c1-10-17(2)11-12-18(3)19(4)15-24(25)22(7)21(6)23(13-14-26-8)16-20(5)27-9/h11-12,15-16H,2-7,10,13-14H2,1,8-9H3/b12-11-,23-16-,24-15+. The Morgan fingerprint density at radius 2 is 1.52 bits per heavy atom. The van der Waals surface area contributed by atoms with E-state index in [-0.39, 0.29) is 5.57 Å². The van der Waals surface area contributed by atoms with E-state index in [1.165, 1.54) is 13.2 Å². The van der Waals surface area contributed by atoms with Gasteiger partial charge in [-0.15, -0.1) is 0 Å². The van der Waals surface area contributed by atoms with Crippen molar-refractivity contribution in [1.29, 1.82) is 0 Å². The highest BCUT2D eigenvalue weighted by Gasteiger charge is 2.12. The van der Waals surface area contributed by atoms with Crippen LogP contribution in [-0.4, -0.2) is 20.8 Å². The minimum atomic E-state index is -0.528. The molecule has 0 aromatic rings. The van der Waals surface area contributed by atoms with Crippen molar-refractivity contribution in [2.45, 2.75) is 19.8 Å². The van der Waals surface area contributed by atoms with Crippen molar-refractivity contribution in [1.82, 2.24) is 0 Å². The molecular formula is C24H31FO2. The highest BCUT2D eigenvalue weighted by molar-refractivity contribution is 5.55. The van der Waals surface area contributed by atoms with Gasteiger partial charge in [0.2, 0.25) is 0 Å². The highest BCUT2D eigenvalue weighted by Crippen LogP contribution is 2.28. The summed E-state index contributed by atoms with van der Waals surface area (Å²) in [4.78, 5) is 0. The average Bonchev–Trinajstić information content (AvgIpc) is 2.66. The van der Waals surface area contributed by atoms with Crippen LogP contribution in [0, 0.1) is 0 Å². The summed E-state index contributed by atoms with van der Waals surface area (Å²) in [6.45, 7) is 25.6. The summed E-state index contributed by atoms with van der Waals surface area (Å²) in [5, 5.41) is 0. The van der Waals surface area contributed by atoms with Gasteiger partial charge in [-0.2, -0.15) is 0 Å². The van der Waals surface area contributed by atoms with Gasteiger partial charge < -0.3 is 9.47 Å². The lowest BCUT2D eigenvalue weighted by Gasteiger charge is -2.13. The van der Waals surface area contributed by atoms with Gasteiger partial charge in [-0.1, -0.05) is 64.1 Å². The molecule has 0 aliphatic heterocycles. The summed E-state index contributed by atoms with van der Waals surface area (Å²) in [7, 11) is 3.11. The Morgan fingerprint density at radius 3 is 2.04 bits per heavy atom. The van der Waals surface area contributed by atoms with Crippen LogP contribution in [0.4, 0.5) is 4.39 Å². The molecule has 0 aromatic heterocycles. The van der Waals surface area contributed by atoms with Crippen LogP contribution < -0.4 is 0 Å². The number of ether oxygens (including phenoxy) is 2. The second kappa shape index (κ2) is 12.7. The van der Waals surface area contributed by atoms with Gasteiger partial charge in [0.05, 0.1) is 13.7 Å². The van der Waals surface area contributed by atoms with E-state index in [4.69, 9.17) is 9.47 Å². The largest absolute Gasteiger partial charge is 0.497 e. The van der Waals surface area contributed by atoms with Gasteiger partial charge in [0, 0.05) is 12.7 Å². The number of allylic oxidation sites excluding steroid dienone is 10. The molecule has 0 fully saturated rings. The predicted octanol–water partition coefficient (Wildman–Crippen LogP) is 6.71. The lowest BCUT2D eigenvalue weighted by atomic mass is 9.95. The minimum absolute atomic E-state index is 0.164. The molecule has 0 amide bonds. The van der Waals surface area contributed by atoms with Gasteiger partial charge in [0.15, 0.2) is 0 Å². The molecule has 0 aliphatic carbocycles. The maximum Gasteiger partial charge on any atom is 0.131 e. The number of rotatable bonds is 13. The van der Waals surface area contributed by atoms with E-state index < -0.39 is 5.83 Å². The van der Waals surface area contributed by atoms with Gasteiger partial charge in [-0.05, 0) is 47.3 Å². The molecule has 0 saturated carbocycles. The molecule has 3 heteroatoms. The van der Waals surface area contributed by atoms with Crippen LogP contribution in [-0.2, 0) is 9.47 Å². The molecular weight excluding hydrogens is 339 g/mol. The van der Waals surface area contributed by atoms with E-state index in [2.05, 4.69) is 39.5 Å². The quantitative estimate of drug-likeness (QED) is 0.265. The highest BCUT2D eigenvalue weighted by atomic mass is 19.1. The normalized spacial score (nSPS) is 12.0. The lowest BCUT2D eigenvalue weighted by Crippen LogP contribution is -1.99. The predicted molar refractivity (Wildman–Crippen MR) is 115 cm³/mol. The number of hydrogen-bond donors (Lipinski definition) is 0. The van der Waals surface area contributed by atoms with E-state index in [0.717, 1.165) is 17.6 Å². The van der Waals surface area contributed by atoms with Crippen molar-refractivity contribution in [3.05, 3.63) is 109 Å². The first-order valence-electron chi connectivity index (χ1n) is 8.60. The molecule has 0 spiro atoms. The van der Waals surface area contributed by atoms with Crippen LogP contribution in [0.15, 0.2) is 109 Å². The second-order valence-electron chi connectivity index (χ2n) is 5.93. The Hall–Kier alpha value is -2.65. The molecule has 0 heterocycles. The Balaban J connectivity index is 5.36. The zero-order valence-corrected chi connectivity index (χ0v) is 16.9. The Kier molecular flexibility index (Phi) is 11.4. The van der Waals surface area contributed by atoms with Crippen LogP contribution in [0.5, 0.6) is 0 Å². The van der Waals surface area contributed by atoms with Crippen molar-refractivity contribution < 1.29 is 13.9 Å². The van der Waals surface area contributed by atoms with Gasteiger partial charge in [0.1, 0.15) is 11.6 Å². The van der Waals surface area contributed by atoms with Crippen molar-refractivity contribution >= 4 is 0 Å². The fraction of sp³-hybridized carbons (Fsp3) is 0.250. The van der Waals surface area contributed by atoms with Gasteiger partial charge in [-0.25, -0.2) is 4.39 Å². The van der Waals surface area contributed by atoms with Crippen LogP contribution in [0.25, 0.3) is 0 Å². The van der Waals surface area contributed by atoms with Crippen LogP contribution in [0.1, 0.15) is 19.8 Å². The molecule has 0 atom stereocenters. The summed E-state index contributed by atoms with van der Waals surface area (Å²) in [6.07, 6.45) is 7.97. The summed E-state index contributed by atoms with van der Waals surface area (Å²) in [6, 6.07) is 0. The maximum absolute atomic E-state index is 14.7. The number of halogens is 1. The summed E-state index contributed by atoms with van der Waals surface area (Å²) in [5.41, 5.74) is 3.36. The molecule has 0 saturated heterocycles. The molecule has 0 N–H and O–H groups in total. The molecule has 0 aromatic carbocycles. The lowest BCUT2D eigenvalue weighted by molar-refractivity contribution is 0.202. The first-order valence-corrected chi connectivity index (χ1v) is 8.60. The monoisotopic (exact) mass is 370 g/mol. The number of hydrogen-bond acceptors (Lipinski definition) is 2. The smallest absolute Gasteiger partial charge is 0.131 e.